The topological polar surface area (TPSA) is 98.9 Å². The van der Waals surface area contributed by atoms with Crippen LogP contribution in [0.2, 0.25) is 18.1 Å². The van der Waals surface area contributed by atoms with Gasteiger partial charge in [-0.15, -0.1) is 0 Å². The van der Waals surface area contributed by atoms with Crippen LogP contribution in [0.5, 0.6) is 0 Å². The summed E-state index contributed by atoms with van der Waals surface area (Å²) >= 11 is 2.58. The average Bonchev–Trinajstić information content (AvgIpc) is 2.92. The Hall–Kier alpha value is -1.49. The third-order valence-electron chi connectivity index (χ3n) is 5.47. The molecule has 2 aliphatic heterocycles. The number of rotatable bonds is 9. The van der Waals surface area contributed by atoms with Crippen molar-refractivity contribution in [2.45, 2.75) is 57.3 Å². The third-order valence-corrected chi connectivity index (χ3v) is 12.5. The molecule has 0 aromatic heterocycles. The zero-order chi connectivity index (χ0) is 22.9. The lowest BCUT2D eigenvalue weighted by Crippen LogP contribution is -2.62. The van der Waals surface area contributed by atoms with E-state index < -0.39 is 20.2 Å². The van der Waals surface area contributed by atoms with Crippen LogP contribution in [0.4, 0.5) is 0 Å². The van der Waals surface area contributed by atoms with Gasteiger partial charge in [0.05, 0.1) is 16.3 Å². The second kappa shape index (κ2) is 9.33. The number of esters is 1. The van der Waals surface area contributed by atoms with Gasteiger partial charge in [-0.2, -0.15) is 0 Å². The van der Waals surface area contributed by atoms with Crippen molar-refractivity contribution in [2.24, 2.45) is 11.7 Å². The SMILES string of the molecule is C=CCOC(=O)C1=C(SC=CC(N)=O)S[C@@H]2[C@@H]([C@@H](C)O[Si](C)(C)C(C)(C)C)C(=O)N12. The number of nitrogens with zero attached hydrogens (tertiary/aromatic N) is 1. The molecule has 0 bridgehead atoms. The zero-order valence-electron chi connectivity index (χ0n) is 18.3. The van der Waals surface area contributed by atoms with Gasteiger partial charge >= 0.3 is 5.97 Å². The third kappa shape index (κ3) is 5.04. The first-order chi connectivity index (χ1) is 13.8. The van der Waals surface area contributed by atoms with Gasteiger partial charge in [-0.25, -0.2) is 4.79 Å². The van der Waals surface area contributed by atoms with Crippen LogP contribution in [0, 0.1) is 5.92 Å². The molecule has 2 amide bonds. The van der Waals surface area contributed by atoms with E-state index in [9.17, 15) is 14.4 Å². The van der Waals surface area contributed by atoms with E-state index >= 15 is 0 Å². The van der Waals surface area contributed by atoms with Gasteiger partial charge in [-0.05, 0) is 30.5 Å². The van der Waals surface area contributed by atoms with Gasteiger partial charge in [-0.3, -0.25) is 14.5 Å². The van der Waals surface area contributed by atoms with Gasteiger partial charge in [-0.1, -0.05) is 56.9 Å². The summed E-state index contributed by atoms with van der Waals surface area (Å²) in [7, 11) is -2.06. The van der Waals surface area contributed by atoms with Crippen LogP contribution in [-0.4, -0.2) is 49.1 Å². The normalized spacial score (nSPS) is 22.7. The Morgan fingerprint density at radius 1 is 1.40 bits per heavy atom. The summed E-state index contributed by atoms with van der Waals surface area (Å²) in [5, 5.41) is 1.29. The Morgan fingerprint density at radius 3 is 2.57 bits per heavy atom. The minimum Gasteiger partial charge on any atom is -0.457 e. The van der Waals surface area contributed by atoms with Crippen LogP contribution >= 0.6 is 23.5 Å². The van der Waals surface area contributed by atoms with Crippen molar-refractivity contribution in [3.8, 4) is 0 Å². The Kier molecular flexibility index (Phi) is 7.71. The summed E-state index contributed by atoms with van der Waals surface area (Å²) in [5.41, 5.74) is 5.34. The number of primary amides is 1. The van der Waals surface area contributed by atoms with Gasteiger partial charge < -0.3 is 14.9 Å². The Balaban J connectivity index is 2.23. The lowest BCUT2D eigenvalue weighted by Gasteiger charge is -2.48. The zero-order valence-corrected chi connectivity index (χ0v) is 20.9. The van der Waals surface area contributed by atoms with Gasteiger partial charge in [0, 0.05) is 6.08 Å². The highest BCUT2D eigenvalue weighted by atomic mass is 32.2. The highest BCUT2D eigenvalue weighted by Gasteiger charge is 2.59. The molecule has 0 aliphatic carbocycles. The molecule has 2 heterocycles. The van der Waals surface area contributed by atoms with Crippen molar-refractivity contribution in [1.29, 1.82) is 0 Å². The Labute approximate surface area is 187 Å². The number of ether oxygens (including phenoxy) is 1. The number of hydrogen-bond donors (Lipinski definition) is 1. The maximum Gasteiger partial charge on any atom is 0.357 e. The van der Waals surface area contributed by atoms with E-state index in [4.69, 9.17) is 14.9 Å². The molecule has 1 saturated heterocycles. The van der Waals surface area contributed by atoms with Crippen LogP contribution in [0.3, 0.4) is 0 Å². The van der Waals surface area contributed by atoms with Crippen LogP contribution in [0.25, 0.3) is 0 Å². The standard InChI is InChI=1S/C20H30N2O5S2Si/c1-8-10-26-18(25)15-19(28-11-9-13(21)23)29-17-14(16(24)22(15)17)12(2)27-30(6,7)20(3,4)5/h8-9,11-12,14,17H,1,10H2,2-7H3,(H2,21,23)/t12-,14+,17-/m1/s1. The summed E-state index contributed by atoms with van der Waals surface area (Å²) < 4.78 is 12.2. The molecule has 0 aromatic rings. The average molecular weight is 471 g/mol. The summed E-state index contributed by atoms with van der Waals surface area (Å²) in [6, 6.07) is 0. The van der Waals surface area contributed by atoms with Crippen molar-refractivity contribution >= 4 is 49.6 Å². The second-order valence-corrected chi connectivity index (χ2v) is 15.7. The first kappa shape index (κ1) is 24.8. The van der Waals surface area contributed by atoms with Crippen molar-refractivity contribution in [3.63, 3.8) is 0 Å². The smallest absolute Gasteiger partial charge is 0.357 e. The number of carbonyl (C=O) groups excluding carboxylic acids is 3. The van der Waals surface area contributed by atoms with Crippen molar-refractivity contribution < 1.29 is 23.5 Å². The number of thioether (sulfide) groups is 2. The number of carbonyl (C=O) groups is 3. The van der Waals surface area contributed by atoms with E-state index in [0.29, 0.717) is 4.24 Å². The van der Waals surface area contributed by atoms with E-state index in [1.54, 1.807) is 0 Å². The number of β-lactam (4-membered cyclic amide) rings is 1. The Bertz CT molecular complexity index is 804. The molecule has 0 unspecified atom stereocenters. The van der Waals surface area contributed by atoms with E-state index in [2.05, 4.69) is 40.4 Å². The second-order valence-electron chi connectivity index (χ2n) is 8.67. The van der Waals surface area contributed by atoms with Gasteiger partial charge in [0.1, 0.15) is 12.0 Å². The first-order valence-corrected chi connectivity index (χ1v) is 14.3. The predicted octanol–water partition coefficient (Wildman–Crippen LogP) is 3.56. The molecule has 2 N–H and O–H groups in total. The maximum absolute atomic E-state index is 13.0. The van der Waals surface area contributed by atoms with Crippen LogP contribution < -0.4 is 5.73 Å². The largest absolute Gasteiger partial charge is 0.457 e. The minimum absolute atomic E-state index is 0.0229. The van der Waals surface area contributed by atoms with E-state index in [1.165, 1.54) is 46.0 Å². The van der Waals surface area contributed by atoms with Crippen molar-refractivity contribution in [2.75, 3.05) is 6.61 Å². The molecular formula is C20H30N2O5S2Si. The van der Waals surface area contributed by atoms with E-state index in [-0.39, 0.29) is 40.6 Å². The molecule has 2 aliphatic rings. The Morgan fingerprint density at radius 2 is 2.03 bits per heavy atom. The van der Waals surface area contributed by atoms with Gasteiger partial charge in [0.15, 0.2) is 14.0 Å². The number of hydrogen-bond acceptors (Lipinski definition) is 7. The fourth-order valence-corrected chi connectivity index (χ4v) is 6.94. The molecule has 166 valence electrons. The van der Waals surface area contributed by atoms with Crippen molar-refractivity contribution in [1.82, 2.24) is 4.90 Å². The minimum atomic E-state index is -2.06. The molecule has 0 aromatic carbocycles. The van der Waals surface area contributed by atoms with Crippen LogP contribution in [0.1, 0.15) is 27.7 Å². The number of amides is 2. The fraction of sp³-hybridized carbons (Fsp3) is 0.550. The molecule has 10 heteroatoms. The van der Waals surface area contributed by atoms with Crippen LogP contribution in [-0.2, 0) is 23.5 Å². The highest BCUT2D eigenvalue weighted by molar-refractivity contribution is 8.24. The number of nitrogens with two attached hydrogens (primary N) is 1. The quantitative estimate of drug-likeness (QED) is 0.181. The molecule has 3 atom stereocenters. The molecule has 0 saturated carbocycles. The van der Waals surface area contributed by atoms with Gasteiger partial charge in [0.25, 0.3) is 0 Å². The summed E-state index contributed by atoms with van der Waals surface area (Å²) in [6.07, 6.45) is 2.40. The summed E-state index contributed by atoms with van der Waals surface area (Å²) in [4.78, 5) is 38.1. The predicted molar refractivity (Wildman–Crippen MR) is 124 cm³/mol. The van der Waals surface area contributed by atoms with Crippen LogP contribution in [0.15, 0.2) is 34.1 Å². The molecule has 1 fully saturated rings. The molecule has 7 nitrogen and oxygen atoms in total. The lowest BCUT2D eigenvalue weighted by molar-refractivity contribution is -0.157. The highest BCUT2D eigenvalue weighted by Crippen LogP contribution is 2.55. The first-order valence-electron chi connectivity index (χ1n) is 9.64. The van der Waals surface area contributed by atoms with E-state index in [1.807, 2.05) is 6.92 Å². The lowest BCUT2D eigenvalue weighted by atomic mass is 9.92. The number of fused-ring (bicyclic) bond motifs is 1. The maximum atomic E-state index is 13.0. The molecule has 0 spiro atoms. The van der Waals surface area contributed by atoms with Gasteiger partial charge in [0.2, 0.25) is 11.8 Å². The molecule has 0 radical (unpaired) electrons. The summed E-state index contributed by atoms with van der Waals surface area (Å²) in [6.45, 7) is 16.3. The molecule has 2 rings (SSSR count). The molecule has 30 heavy (non-hydrogen) atoms. The molecular weight excluding hydrogens is 440 g/mol. The van der Waals surface area contributed by atoms with Crippen molar-refractivity contribution in [3.05, 3.63) is 34.1 Å². The monoisotopic (exact) mass is 470 g/mol. The van der Waals surface area contributed by atoms with E-state index in [0.717, 1.165) is 0 Å². The fourth-order valence-electron chi connectivity index (χ4n) is 2.89. The summed E-state index contributed by atoms with van der Waals surface area (Å²) in [5.74, 6) is -1.69.